The van der Waals surface area contributed by atoms with Gasteiger partial charge in [-0.25, -0.2) is 4.79 Å². The van der Waals surface area contributed by atoms with Gasteiger partial charge in [-0.15, -0.1) is 0 Å². The Morgan fingerprint density at radius 3 is 2.11 bits per heavy atom. The van der Waals surface area contributed by atoms with Crippen molar-refractivity contribution in [1.82, 2.24) is 0 Å². The molecular weight excluding hydrogens is 352 g/mol. The second-order valence-electron chi connectivity index (χ2n) is 6.11. The SMILES string of the molecule is CCOC(=O)/C(=C/c1ccc(-c2ccccc2)cc1)C(=O)c1ccccc1O. The molecule has 0 saturated carbocycles. The summed E-state index contributed by atoms with van der Waals surface area (Å²) in [5.74, 6) is -1.48. The van der Waals surface area contributed by atoms with Crippen molar-refractivity contribution in [2.45, 2.75) is 6.92 Å². The van der Waals surface area contributed by atoms with Crippen LogP contribution in [0.1, 0.15) is 22.8 Å². The molecule has 1 N–H and O–H groups in total. The average molecular weight is 372 g/mol. The van der Waals surface area contributed by atoms with E-state index in [0.717, 1.165) is 11.1 Å². The number of para-hydroxylation sites is 1. The van der Waals surface area contributed by atoms with Crippen LogP contribution in [0.4, 0.5) is 0 Å². The fourth-order valence-electron chi connectivity index (χ4n) is 2.81. The lowest BCUT2D eigenvalue weighted by Crippen LogP contribution is -2.16. The van der Waals surface area contributed by atoms with E-state index in [1.54, 1.807) is 19.1 Å². The van der Waals surface area contributed by atoms with Crippen LogP contribution in [0.25, 0.3) is 17.2 Å². The van der Waals surface area contributed by atoms with E-state index in [1.807, 2.05) is 54.6 Å². The van der Waals surface area contributed by atoms with Gasteiger partial charge in [-0.1, -0.05) is 66.7 Å². The molecule has 0 aliphatic heterocycles. The Hall–Kier alpha value is -3.66. The number of rotatable bonds is 6. The highest BCUT2D eigenvalue weighted by Gasteiger charge is 2.23. The van der Waals surface area contributed by atoms with Gasteiger partial charge in [-0.2, -0.15) is 0 Å². The second-order valence-corrected chi connectivity index (χ2v) is 6.11. The Morgan fingerprint density at radius 2 is 1.46 bits per heavy atom. The van der Waals surface area contributed by atoms with E-state index in [9.17, 15) is 14.7 Å². The molecule has 0 spiro atoms. The molecule has 4 heteroatoms. The molecule has 0 saturated heterocycles. The minimum atomic E-state index is -0.720. The van der Waals surface area contributed by atoms with E-state index in [1.165, 1.54) is 18.2 Å². The van der Waals surface area contributed by atoms with Gasteiger partial charge in [0.25, 0.3) is 0 Å². The van der Waals surface area contributed by atoms with Crippen LogP contribution in [0, 0.1) is 0 Å². The van der Waals surface area contributed by atoms with E-state index in [0.29, 0.717) is 5.56 Å². The number of benzene rings is 3. The Kier molecular flexibility index (Phi) is 6.02. The lowest BCUT2D eigenvalue weighted by atomic mass is 9.99. The molecule has 0 aliphatic carbocycles. The summed E-state index contributed by atoms with van der Waals surface area (Å²) in [5, 5.41) is 9.97. The highest BCUT2D eigenvalue weighted by Crippen LogP contribution is 2.23. The molecule has 0 aromatic heterocycles. The van der Waals surface area contributed by atoms with Gasteiger partial charge >= 0.3 is 5.97 Å². The summed E-state index contributed by atoms with van der Waals surface area (Å²) in [5.41, 5.74) is 2.72. The molecule has 0 unspecified atom stereocenters. The van der Waals surface area contributed by atoms with Crippen molar-refractivity contribution in [1.29, 1.82) is 0 Å². The van der Waals surface area contributed by atoms with Crippen LogP contribution in [-0.2, 0) is 9.53 Å². The van der Waals surface area contributed by atoms with Gasteiger partial charge in [0.15, 0.2) is 0 Å². The zero-order valence-corrected chi connectivity index (χ0v) is 15.5. The number of aromatic hydroxyl groups is 1. The maximum absolute atomic E-state index is 12.8. The number of phenols is 1. The topological polar surface area (TPSA) is 63.6 Å². The summed E-state index contributed by atoms with van der Waals surface area (Å²) in [6.07, 6.45) is 1.49. The Labute approximate surface area is 163 Å². The van der Waals surface area contributed by atoms with Gasteiger partial charge in [0.2, 0.25) is 5.78 Å². The van der Waals surface area contributed by atoms with Crippen LogP contribution in [0.5, 0.6) is 5.75 Å². The number of Topliss-reactive ketones (excluding diaryl/α,β-unsaturated/α-hetero) is 1. The average Bonchev–Trinajstić information content (AvgIpc) is 2.73. The van der Waals surface area contributed by atoms with Crippen molar-refractivity contribution in [2.24, 2.45) is 0 Å². The minimum Gasteiger partial charge on any atom is -0.507 e. The molecule has 3 rings (SSSR count). The van der Waals surface area contributed by atoms with Gasteiger partial charge in [-0.3, -0.25) is 4.79 Å². The fraction of sp³-hybridized carbons (Fsp3) is 0.0833. The third-order valence-electron chi connectivity index (χ3n) is 4.22. The first-order valence-corrected chi connectivity index (χ1v) is 8.97. The first-order chi connectivity index (χ1) is 13.6. The first kappa shape index (κ1) is 19.1. The highest BCUT2D eigenvalue weighted by atomic mass is 16.5. The Bertz CT molecular complexity index is 1000. The van der Waals surface area contributed by atoms with Crippen LogP contribution in [0.15, 0.2) is 84.4 Å². The third kappa shape index (κ3) is 4.35. The molecular formula is C24H20O4. The van der Waals surface area contributed by atoms with E-state index in [2.05, 4.69) is 0 Å². The third-order valence-corrected chi connectivity index (χ3v) is 4.22. The lowest BCUT2D eigenvalue weighted by molar-refractivity contribution is -0.137. The van der Waals surface area contributed by atoms with Crippen molar-refractivity contribution < 1.29 is 19.4 Å². The van der Waals surface area contributed by atoms with Crippen molar-refractivity contribution in [3.63, 3.8) is 0 Å². The number of hydrogen-bond acceptors (Lipinski definition) is 4. The standard InChI is InChI=1S/C24H20O4/c1-2-28-24(27)21(23(26)20-10-6-7-11-22(20)25)16-17-12-14-19(15-13-17)18-8-4-3-5-9-18/h3-16,25H,2H2,1H3/b21-16+. The number of ketones is 1. The molecule has 4 nitrogen and oxygen atoms in total. The minimum absolute atomic E-state index is 0.0581. The summed E-state index contributed by atoms with van der Waals surface area (Å²) in [7, 11) is 0. The number of ether oxygens (including phenoxy) is 1. The summed E-state index contributed by atoms with van der Waals surface area (Å²) < 4.78 is 5.04. The van der Waals surface area contributed by atoms with Crippen molar-refractivity contribution in [2.75, 3.05) is 6.61 Å². The predicted molar refractivity (Wildman–Crippen MR) is 109 cm³/mol. The normalized spacial score (nSPS) is 11.1. The smallest absolute Gasteiger partial charge is 0.342 e. The molecule has 0 amide bonds. The van der Waals surface area contributed by atoms with Crippen molar-refractivity contribution in [3.8, 4) is 16.9 Å². The maximum atomic E-state index is 12.8. The van der Waals surface area contributed by atoms with Gasteiger partial charge in [0.05, 0.1) is 12.2 Å². The van der Waals surface area contributed by atoms with Gasteiger partial charge < -0.3 is 9.84 Å². The number of carbonyl (C=O) groups excluding carboxylic acids is 2. The van der Waals surface area contributed by atoms with Gasteiger partial charge in [0, 0.05) is 0 Å². The van der Waals surface area contributed by atoms with Crippen LogP contribution >= 0.6 is 0 Å². The summed E-state index contributed by atoms with van der Waals surface area (Å²) in [4.78, 5) is 25.2. The highest BCUT2D eigenvalue weighted by molar-refractivity contribution is 6.27. The summed E-state index contributed by atoms with van der Waals surface area (Å²) in [6.45, 7) is 1.83. The molecule has 0 aliphatic rings. The number of esters is 1. The largest absolute Gasteiger partial charge is 0.507 e. The second kappa shape index (κ2) is 8.82. The van der Waals surface area contributed by atoms with E-state index >= 15 is 0 Å². The number of hydrogen-bond donors (Lipinski definition) is 1. The molecule has 0 bridgehead atoms. The fourth-order valence-corrected chi connectivity index (χ4v) is 2.81. The number of carbonyl (C=O) groups is 2. The Morgan fingerprint density at radius 1 is 0.857 bits per heavy atom. The molecule has 0 heterocycles. The molecule has 28 heavy (non-hydrogen) atoms. The molecule has 140 valence electrons. The van der Waals surface area contributed by atoms with E-state index in [4.69, 9.17) is 4.74 Å². The van der Waals surface area contributed by atoms with Crippen LogP contribution < -0.4 is 0 Å². The van der Waals surface area contributed by atoms with Crippen LogP contribution in [0.3, 0.4) is 0 Å². The number of phenolic OH excluding ortho intramolecular Hbond substituents is 1. The summed E-state index contributed by atoms with van der Waals surface area (Å²) in [6, 6.07) is 23.5. The molecule has 0 atom stereocenters. The van der Waals surface area contributed by atoms with E-state index in [-0.39, 0.29) is 23.5 Å². The molecule has 3 aromatic rings. The maximum Gasteiger partial charge on any atom is 0.342 e. The Balaban J connectivity index is 1.96. The molecule has 0 fully saturated rings. The quantitative estimate of drug-likeness (QED) is 0.220. The lowest BCUT2D eigenvalue weighted by Gasteiger charge is -2.08. The van der Waals surface area contributed by atoms with Crippen LogP contribution in [0.2, 0.25) is 0 Å². The molecule has 0 radical (unpaired) electrons. The zero-order chi connectivity index (χ0) is 19.9. The van der Waals surface area contributed by atoms with Crippen LogP contribution in [-0.4, -0.2) is 23.5 Å². The predicted octanol–water partition coefficient (Wildman–Crippen LogP) is 4.89. The molecule has 3 aromatic carbocycles. The van der Waals surface area contributed by atoms with Crippen molar-refractivity contribution in [3.05, 3.63) is 95.6 Å². The first-order valence-electron chi connectivity index (χ1n) is 8.97. The van der Waals surface area contributed by atoms with Crippen molar-refractivity contribution >= 4 is 17.8 Å². The van der Waals surface area contributed by atoms with Gasteiger partial charge in [-0.05, 0) is 41.8 Å². The zero-order valence-electron chi connectivity index (χ0n) is 15.5. The van der Waals surface area contributed by atoms with E-state index < -0.39 is 11.8 Å². The summed E-state index contributed by atoms with van der Waals surface area (Å²) >= 11 is 0. The van der Waals surface area contributed by atoms with Gasteiger partial charge in [0.1, 0.15) is 11.3 Å². The monoisotopic (exact) mass is 372 g/mol.